The van der Waals surface area contributed by atoms with Crippen molar-refractivity contribution in [2.45, 2.75) is 19.3 Å². The van der Waals surface area contributed by atoms with Gasteiger partial charge in [0.15, 0.2) is 0 Å². The molecule has 0 spiro atoms. The van der Waals surface area contributed by atoms with Crippen molar-refractivity contribution in [3.05, 3.63) is 60.6 Å². The number of allylic oxidation sites excluding steroid dienone is 4. The van der Waals surface area contributed by atoms with Gasteiger partial charge < -0.3 is 9.41 Å². The zero-order chi connectivity index (χ0) is 9.64. The average Bonchev–Trinajstić information content (AvgIpc) is 2.92. The zero-order valence-electron chi connectivity index (χ0n) is 9.56. The fourth-order valence-electron chi connectivity index (χ4n) is 1.99. The molecule has 1 aromatic carbocycles. The molecule has 1 atom stereocenters. The van der Waals surface area contributed by atoms with Gasteiger partial charge in [-0.15, -0.1) is 18.6 Å². The maximum absolute atomic E-state index is 2.37. The van der Waals surface area contributed by atoms with Crippen molar-refractivity contribution in [3.8, 4) is 0 Å². The predicted molar refractivity (Wildman–Crippen MR) is 60.9 cm³/mol. The van der Waals surface area contributed by atoms with Crippen molar-refractivity contribution in [2.24, 2.45) is 5.92 Å². The van der Waals surface area contributed by atoms with Crippen LogP contribution < -0.4 is 9.41 Å². The minimum absolute atomic E-state index is 0. The molecule has 2 aliphatic carbocycles. The zero-order valence-corrected chi connectivity index (χ0v) is 10.8. The Hall–Kier alpha value is -0.908. The maximum Gasteiger partial charge on any atom is 4.00 e. The summed E-state index contributed by atoms with van der Waals surface area (Å²) in [5.74, 6) is 0.884. The third kappa shape index (κ3) is 5.81. The van der Waals surface area contributed by atoms with Crippen molar-refractivity contribution < 1.29 is 26.8 Å². The van der Waals surface area contributed by atoms with Gasteiger partial charge in [0.1, 0.15) is 0 Å². The number of halogens is 2. The molecule has 3 heteroatoms. The first-order chi connectivity index (χ1) is 6.97. The van der Waals surface area contributed by atoms with Gasteiger partial charge in [-0.05, 0) is 12.3 Å². The Morgan fingerprint density at radius 3 is 2.35 bits per heavy atom. The van der Waals surface area contributed by atoms with E-state index in [-0.39, 0.29) is 26.8 Å². The summed E-state index contributed by atoms with van der Waals surface area (Å²) in [7, 11) is 0. The predicted octanol–water partition coefficient (Wildman–Crippen LogP) is -2.10. The van der Waals surface area contributed by atoms with E-state index in [1.807, 2.05) is 30.3 Å². The second-order valence-corrected chi connectivity index (χ2v) is 3.77. The fourth-order valence-corrected chi connectivity index (χ4v) is 1.99. The van der Waals surface area contributed by atoms with Crippen LogP contribution in [0.1, 0.15) is 19.3 Å². The van der Waals surface area contributed by atoms with Crippen LogP contribution in [0.3, 0.4) is 0 Å². The van der Waals surface area contributed by atoms with E-state index in [9.17, 15) is 0 Å². The molecule has 0 bridgehead atoms. The van der Waals surface area contributed by atoms with Crippen LogP contribution in [0.25, 0.3) is 0 Å². The van der Waals surface area contributed by atoms with Crippen LogP contribution >= 0.6 is 0 Å². The summed E-state index contributed by atoms with van der Waals surface area (Å²) in [5, 5.41) is 0. The summed E-state index contributed by atoms with van der Waals surface area (Å²) in [6.45, 7) is 0. The smallest absolute Gasteiger partial charge is 1.00 e. The number of hydrogen-bond donors (Lipinski definition) is 0. The average molecular weight is 274 g/mol. The molecule has 92 valence electrons. The molecule has 0 radical (unpaired) electrons. The molecule has 1 fully saturated rings. The quantitative estimate of drug-likeness (QED) is 0.476. The third-order valence-electron chi connectivity index (χ3n) is 2.77. The van der Waals surface area contributed by atoms with Crippen LogP contribution in [0.4, 0.5) is 0 Å². The van der Waals surface area contributed by atoms with Crippen molar-refractivity contribution in [2.75, 3.05) is 0 Å². The summed E-state index contributed by atoms with van der Waals surface area (Å²) in [6.07, 6.45) is 13.0. The second-order valence-electron chi connectivity index (χ2n) is 3.77. The van der Waals surface area contributed by atoms with E-state index in [0.29, 0.717) is 0 Å². The van der Waals surface area contributed by atoms with E-state index in [1.54, 1.807) is 5.57 Å². The molecule has 0 nitrogen and oxygen atoms in total. The molecule has 0 heterocycles. The van der Waals surface area contributed by atoms with E-state index in [1.165, 1.54) is 19.3 Å². The first kappa shape index (κ1) is 18.5. The van der Waals surface area contributed by atoms with Gasteiger partial charge in [0.05, 0.1) is 0 Å². The van der Waals surface area contributed by atoms with Gasteiger partial charge in [-0.3, -0.25) is 0 Å². The molecule has 17 heavy (non-hydrogen) atoms. The Morgan fingerprint density at radius 2 is 1.82 bits per heavy atom. The van der Waals surface area contributed by atoms with Gasteiger partial charge >= 0.3 is 17.4 Å². The summed E-state index contributed by atoms with van der Waals surface area (Å²) in [5.41, 5.74) is 1.58. The minimum atomic E-state index is 0. The Kier molecular flexibility index (Phi) is 11.1. The molecule has 1 aromatic rings. The molecule has 1 unspecified atom stereocenters. The van der Waals surface area contributed by atoms with Gasteiger partial charge in [-0.2, -0.15) is 18.2 Å². The van der Waals surface area contributed by atoms with E-state index < -0.39 is 0 Å². The first-order valence-corrected chi connectivity index (χ1v) is 5.33. The third-order valence-corrected chi connectivity index (χ3v) is 2.77. The standard InChI is InChI=1S/C9H11.C5H5.Cr.2FH/c1-2-5-9-7-3-6-8(9)4-1;1-2-4-5-3-1;;;/h1-2,4,6,9H,3,5,7H2;1-5H;;2*1H/q2*-1;+4;;/p-2. The molecule has 2 aliphatic rings. The normalized spacial score (nSPS) is 18.8. The van der Waals surface area contributed by atoms with Crippen molar-refractivity contribution >= 4 is 0 Å². The Bertz CT molecular complexity index is 298. The largest absolute Gasteiger partial charge is 4.00 e. The van der Waals surface area contributed by atoms with Gasteiger partial charge in [-0.1, -0.05) is 6.42 Å². The molecule has 3 rings (SSSR count). The molecule has 0 aliphatic heterocycles. The molecule has 0 N–H and O–H groups in total. The SMILES string of the molecule is C1=CCC2CC[CH-]C2=C1.[Cr+4].[F-].[F-].c1cc[cH-]c1. The monoisotopic (exact) mass is 274 g/mol. The van der Waals surface area contributed by atoms with Gasteiger partial charge in [0, 0.05) is 0 Å². The second kappa shape index (κ2) is 10.3. The summed E-state index contributed by atoms with van der Waals surface area (Å²) >= 11 is 0. The molecule has 1 saturated carbocycles. The maximum atomic E-state index is 2.37. The Labute approximate surface area is 113 Å². The van der Waals surface area contributed by atoms with Crippen LogP contribution in [-0.4, -0.2) is 0 Å². The fraction of sp³-hybridized carbons (Fsp3) is 0.286. The van der Waals surface area contributed by atoms with Crippen molar-refractivity contribution in [3.63, 3.8) is 0 Å². The minimum Gasteiger partial charge on any atom is -1.00 e. The molecule has 0 amide bonds. The molecular formula is C14H16CrF2. The Morgan fingerprint density at radius 1 is 1.12 bits per heavy atom. The van der Waals surface area contributed by atoms with E-state index in [2.05, 4.69) is 24.6 Å². The Balaban J connectivity index is 0. The summed E-state index contributed by atoms with van der Waals surface area (Å²) < 4.78 is 0. The van der Waals surface area contributed by atoms with Crippen LogP contribution in [-0.2, 0) is 17.4 Å². The number of rotatable bonds is 0. The summed E-state index contributed by atoms with van der Waals surface area (Å²) in [6, 6.07) is 10.0. The molecule has 0 aromatic heterocycles. The van der Waals surface area contributed by atoms with Crippen LogP contribution in [0, 0.1) is 12.3 Å². The van der Waals surface area contributed by atoms with Gasteiger partial charge in [-0.25, -0.2) is 30.2 Å². The number of hydrogen-bond acceptors (Lipinski definition) is 0. The van der Waals surface area contributed by atoms with E-state index in [4.69, 9.17) is 0 Å². The van der Waals surface area contributed by atoms with Gasteiger partial charge in [0.25, 0.3) is 0 Å². The van der Waals surface area contributed by atoms with E-state index >= 15 is 0 Å². The summed E-state index contributed by atoms with van der Waals surface area (Å²) in [4.78, 5) is 0. The van der Waals surface area contributed by atoms with Crippen molar-refractivity contribution in [1.82, 2.24) is 0 Å². The van der Waals surface area contributed by atoms with Crippen LogP contribution in [0.5, 0.6) is 0 Å². The van der Waals surface area contributed by atoms with E-state index in [0.717, 1.165) is 5.92 Å². The van der Waals surface area contributed by atoms with Crippen molar-refractivity contribution in [1.29, 1.82) is 0 Å². The molecular weight excluding hydrogens is 258 g/mol. The molecule has 0 saturated heterocycles. The first-order valence-electron chi connectivity index (χ1n) is 5.33. The van der Waals surface area contributed by atoms with Gasteiger partial charge in [0.2, 0.25) is 0 Å². The topological polar surface area (TPSA) is 0 Å². The number of fused-ring (bicyclic) bond motifs is 1. The van der Waals surface area contributed by atoms with Crippen LogP contribution in [0.2, 0.25) is 0 Å². The van der Waals surface area contributed by atoms with Crippen LogP contribution in [0.15, 0.2) is 54.1 Å².